The van der Waals surface area contributed by atoms with Gasteiger partial charge in [-0.3, -0.25) is 4.90 Å². The fraction of sp³-hybridized carbons (Fsp3) is 0.526. The molecule has 0 aliphatic carbocycles. The van der Waals surface area contributed by atoms with Crippen LogP contribution in [0.3, 0.4) is 0 Å². The summed E-state index contributed by atoms with van der Waals surface area (Å²) in [6.07, 6.45) is 2.34. The molecule has 5 heteroatoms. The smallest absolute Gasteiger partial charge is 0.410 e. The fourth-order valence-electron chi connectivity index (χ4n) is 2.69. The van der Waals surface area contributed by atoms with Crippen LogP contribution in [0.5, 0.6) is 5.75 Å². The molecule has 5 nitrogen and oxygen atoms in total. The Bertz CT molecular complexity index is 586. The predicted molar refractivity (Wildman–Crippen MR) is 94.0 cm³/mol. The number of carbonyl (C=O) groups excluding carboxylic acids is 1. The summed E-state index contributed by atoms with van der Waals surface area (Å²) in [7, 11) is 0. The number of hydrogen-bond donors (Lipinski definition) is 1. The minimum Gasteiger partial charge on any atom is -0.494 e. The number of benzene rings is 1. The Labute approximate surface area is 143 Å². The van der Waals surface area contributed by atoms with Crippen LogP contribution in [-0.4, -0.2) is 47.5 Å². The molecule has 1 fully saturated rings. The van der Waals surface area contributed by atoms with Crippen LogP contribution >= 0.6 is 0 Å². The van der Waals surface area contributed by atoms with Gasteiger partial charge in [0, 0.05) is 6.54 Å². The first-order valence-corrected chi connectivity index (χ1v) is 8.35. The maximum atomic E-state index is 12.3. The average Bonchev–Trinajstić information content (AvgIpc) is 2.91. The van der Waals surface area contributed by atoms with Crippen molar-refractivity contribution in [2.24, 2.45) is 0 Å². The van der Waals surface area contributed by atoms with Crippen LogP contribution in [0.2, 0.25) is 0 Å². The highest BCUT2D eigenvalue weighted by atomic mass is 16.6. The van der Waals surface area contributed by atoms with Crippen LogP contribution < -0.4 is 4.74 Å². The molecule has 0 aromatic heterocycles. The number of aliphatic hydroxyl groups is 1. The highest BCUT2D eigenvalue weighted by Gasteiger charge is 2.34. The van der Waals surface area contributed by atoms with Crippen LogP contribution in [-0.2, 0) is 4.74 Å². The van der Waals surface area contributed by atoms with E-state index in [1.807, 2.05) is 52.0 Å². The van der Waals surface area contributed by atoms with Gasteiger partial charge in [-0.2, -0.15) is 0 Å². The lowest BCUT2D eigenvalue weighted by Gasteiger charge is -2.27. The van der Waals surface area contributed by atoms with E-state index in [9.17, 15) is 9.90 Å². The second-order valence-corrected chi connectivity index (χ2v) is 6.95. The molecule has 1 aromatic carbocycles. The molecule has 1 N–H and O–H groups in total. The third-order valence-corrected chi connectivity index (χ3v) is 3.71. The van der Waals surface area contributed by atoms with E-state index in [2.05, 4.69) is 6.08 Å². The van der Waals surface area contributed by atoms with Gasteiger partial charge >= 0.3 is 6.09 Å². The van der Waals surface area contributed by atoms with Gasteiger partial charge in [-0.25, -0.2) is 4.79 Å². The minimum atomic E-state index is -0.543. The summed E-state index contributed by atoms with van der Waals surface area (Å²) in [5, 5.41) is 9.57. The summed E-state index contributed by atoms with van der Waals surface area (Å²) >= 11 is 0. The number of nitrogens with zero attached hydrogens (tertiary/aromatic N) is 1. The van der Waals surface area contributed by atoms with E-state index in [0.717, 1.165) is 16.9 Å². The molecule has 0 unspecified atom stereocenters. The predicted octanol–water partition coefficient (Wildman–Crippen LogP) is 3.47. The monoisotopic (exact) mass is 333 g/mol. The first-order valence-electron chi connectivity index (χ1n) is 8.35. The zero-order chi connectivity index (χ0) is 17.7. The Balaban J connectivity index is 2.08. The van der Waals surface area contributed by atoms with Gasteiger partial charge in [0.05, 0.1) is 19.3 Å². The second-order valence-electron chi connectivity index (χ2n) is 6.95. The Morgan fingerprint density at radius 3 is 2.54 bits per heavy atom. The molecule has 0 saturated carbocycles. The molecule has 132 valence electrons. The first-order chi connectivity index (χ1) is 11.3. The molecule has 1 aliphatic heterocycles. The number of aliphatic hydroxyl groups excluding tert-OH is 1. The number of carbonyl (C=O) groups is 1. The van der Waals surface area contributed by atoms with Gasteiger partial charge in [0.15, 0.2) is 0 Å². The van der Waals surface area contributed by atoms with Crippen molar-refractivity contribution in [2.45, 2.75) is 45.8 Å². The molecule has 0 bridgehead atoms. The zero-order valence-electron chi connectivity index (χ0n) is 14.9. The lowest BCUT2D eigenvalue weighted by Crippen LogP contribution is -2.41. The van der Waals surface area contributed by atoms with Crippen molar-refractivity contribution >= 4 is 12.2 Å². The largest absolute Gasteiger partial charge is 0.494 e. The van der Waals surface area contributed by atoms with Crippen LogP contribution in [0.25, 0.3) is 6.08 Å². The molecule has 1 aromatic rings. The minimum absolute atomic E-state index is 0.0696. The van der Waals surface area contributed by atoms with E-state index >= 15 is 0 Å². The molecular weight excluding hydrogens is 306 g/mol. The molecule has 1 atom stereocenters. The highest BCUT2D eigenvalue weighted by Crippen LogP contribution is 2.27. The van der Waals surface area contributed by atoms with E-state index in [1.165, 1.54) is 0 Å². The van der Waals surface area contributed by atoms with Crippen LogP contribution in [0.1, 0.15) is 39.7 Å². The normalized spacial score (nSPS) is 19.6. The topological polar surface area (TPSA) is 59.0 Å². The van der Waals surface area contributed by atoms with Gasteiger partial charge < -0.3 is 14.6 Å². The van der Waals surface area contributed by atoms with E-state index in [1.54, 1.807) is 4.90 Å². The summed E-state index contributed by atoms with van der Waals surface area (Å²) in [5.74, 6) is 0.842. The van der Waals surface area contributed by atoms with Crippen LogP contribution in [0, 0.1) is 0 Å². The van der Waals surface area contributed by atoms with Gasteiger partial charge in [0.25, 0.3) is 0 Å². The Morgan fingerprint density at radius 1 is 1.33 bits per heavy atom. The first kappa shape index (κ1) is 18.3. The van der Waals surface area contributed by atoms with E-state index in [-0.39, 0.29) is 18.7 Å². The molecule has 0 spiro atoms. The van der Waals surface area contributed by atoms with Crippen molar-refractivity contribution in [3.05, 3.63) is 35.4 Å². The lowest BCUT2D eigenvalue weighted by molar-refractivity contribution is 0.0178. The molecule has 1 amide bonds. The van der Waals surface area contributed by atoms with Crippen molar-refractivity contribution < 1.29 is 19.4 Å². The Morgan fingerprint density at radius 2 is 2.00 bits per heavy atom. The molecule has 0 radical (unpaired) electrons. The summed E-state index contributed by atoms with van der Waals surface area (Å²) in [6.45, 7) is 8.52. The molecule has 1 heterocycles. The molecule has 1 aliphatic rings. The van der Waals surface area contributed by atoms with E-state index in [4.69, 9.17) is 9.47 Å². The summed E-state index contributed by atoms with van der Waals surface area (Å²) < 4.78 is 10.9. The van der Waals surface area contributed by atoms with Crippen LogP contribution in [0.15, 0.2) is 29.8 Å². The quantitative estimate of drug-likeness (QED) is 0.916. The Kier molecular flexibility index (Phi) is 5.89. The molecule has 2 rings (SSSR count). The highest BCUT2D eigenvalue weighted by molar-refractivity contribution is 5.71. The van der Waals surface area contributed by atoms with Crippen LogP contribution in [0.4, 0.5) is 4.79 Å². The average molecular weight is 333 g/mol. The van der Waals surface area contributed by atoms with Gasteiger partial charge in [0.2, 0.25) is 0 Å². The van der Waals surface area contributed by atoms with Gasteiger partial charge in [-0.05, 0) is 57.4 Å². The standard InChI is InChI=1S/C19H27NO4/c1-5-23-17-8-6-14(7-9-17)10-15-11-16(13-21)20(12-15)18(22)24-19(2,3)4/h6-10,16,21H,5,11-13H2,1-4H3/b15-10+/t16-/m0/s1. The molecule has 24 heavy (non-hydrogen) atoms. The third kappa shape index (κ3) is 4.99. The fourth-order valence-corrected chi connectivity index (χ4v) is 2.69. The number of rotatable bonds is 4. The zero-order valence-corrected chi connectivity index (χ0v) is 14.9. The number of hydrogen-bond acceptors (Lipinski definition) is 4. The summed E-state index contributed by atoms with van der Waals surface area (Å²) in [5.41, 5.74) is 1.61. The number of likely N-dealkylation sites (tertiary alicyclic amines) is 1. The van der Waals surface area contributed by atoms with Crippen molar-refractivity contribution in [2.75, 3.05) is 19.8 Å². The van der Waals surface area contributed by atoms with E-state index in [0.29, 0.717) is 19.6 Å². The maximum Gasteiger partial charge on any atom is 0.410 e. The van der Waals surface area contributed by atoms with Crippen molar-refractivity contribution in [1.82, 2.24) is 4.90 Å². The number of ether oxygens (including phenoxy) is 2. The molecular formula is C19H27NO4. The third-order valence-electron chi connectivity index (χ3n) is 3.71. The van der Waals surface area contributed by atoms with Crippen molar-refractivity contribution in [3.63, 3.8) is 0 Å². The van der Waals surface area contributed by atoms with E-state index < -0.39 is 5.60 Å². The SMILES string of the molecule is CCOc1ccc(/C=C2\C[C@@H](CO)N(C(=O)OC(C)(C)C)C2)cc1. The lowest BCUT2D eigenvalue weighted by atomic mass is 10.1. The van der Waals surface area contributed by atoms with Gasteiger partial charge in [0.1, 0.15) is 11.4 Å². The summed E-state index contributed by atoms with van der Waals surface area (Å²) in [6, 6.07) is 7.61. The number of amides is 1. The van der Waals surface area contributed by atoms with Crippen molar-refractivity contribution in [1.29, 1.82) is 0 Å². The van der Waals surface area contributed by atoms with Crippen molar-refractivity contribution in [3.8, 4) is 5.75 Å². The maximum absolute atomic E-state index is 12.3. The van der Waals surface area contributed by atoms with Gasteiger partial charge in [-0.1, -0.05) is 18.2 Å². The summed E-state index contributed by atoms with van der Waals surface area (Å²) in [4.78, 5) is 13.9. The second kappa shape index (κ2) is 7.71. The van der Waals surface area contributed by atoms with Gasteiger partial charge in [-0.15, -0.1) is 0 Å². The Hall–Kier alpha value is -2.01. The molecule has 1 saturated heterocycles.